The minimum Gasteiger partial charge on any atom is -0.480 e. The quantitative estimate of drug-likeness (QED) is 0.758. The third-order valence-corrected chi connectivity index (χ3v) is 3.70. The van der Waals surface area contributed by atoms with Gasteiger partial charge in [0.25, 0.3) is 0 Å². The summed E-state index contributed by atoms with van der Waals surface area (Å²) in [5, 5.41) is 11.7. The Kier molecular flexibility index (Phi) is 5.94. The molecule has 6 heteroatoms. The summed E-state index contributed by atoms with van der Waals surface area (Å²) in [6, 6.07) is 7.45. The van der Waals surface area contributed by atoms with Crippen molar-refractivity contribution in [2.24, 2.45) is 0 Å². The molecule has 1 amide bonds. The van der Waals surface area contributed by atoms with Crippen LogP contribution in [0.5, 0.6) is 0 Å². The van der Waals surface area contributed by atoms with E-state index in [9.17, 15) is 9.59 Å². The van der Waals surface area contributed by atoms with E-state index >= 15 is 0 Å². The van der Waals surface area contributed by atoms with Crippen LogP contribution in [-0.2, 0) is 9.59 Å². The zero-order valence-corrected chi connectivity index (χ0v) is 14.0. The van der Waals surface area contributed by atoms with Crippen molar-refractivity contribution < 1.29 is 14.7 Å². The fourth-order valence-corrected chi connectivity index (χ4v) is 2.14. The van der Waals surface area contributed by atoms with E-state index in [1.807, 2.05) is 45.0 Å². The van der Waals surface area contributed by atoms with Gasteiger partial charge in [0.1, 0.15) is 0 Å². The van der Waals surface area contributed by atoms with Gasteiger partial charge in [0.05, 0.1) is 18.8 Å². The number of anilines is 1. The molecule has 110 valence electrons. The van der Waals surface area contributed by atoms with Gasteiger partial charge in [-0.2, -0.15) is 0 Å². The maximum absolute atomic E-state index is 12.1. The molecule has 5 nitrogen and oxygen atoms in total. The molecule has 0 aromatic heterocycles. The van der Waals surface area contributed by atoms with Crippen molar-refractivity contribution in [2.75, 3.05) is 18.4 Å². The predicted octanol–water partition coefficient (Wildman–Crippen LogP) is 2.41. The van der Waals surface area contributed by atoms with E-state index in [-0.39, 0.29) is 24.5 Å². The maximum atomic E-state index is 12.1. The van der Waals surface area contributed by atoms with E-state index in [2.05, 4.69) is 27.9 Å². The number of benzene rings is 1. The minimum absolute atomic E-state index is 0.0424. The van der Waals surface area contributed by atoms with Crippen molar-refractivity contribution in [3.63, 3.8) is 0 Å². The van der Waals surface area contributed by atoms with E-state index in [0.29, 0.717) is 0 Å². The topological polar surface area (TPSA) is 69.6 Å². The van der Waals surface area contributed by atoms with E-state index < -0.39 is 5.97 Å². The number of hydrogen-bond donors (Lipinski definition) is 2. The van der Waals surface area contributed by atoms with Crippen LogP contribution in [0, 0.1) is 3.57 Å². The standard InChI is InChI=1S/C14H19IN2O3/c1-14(2,3)17(9-13(19)20)8-12(18)16-11-7-5-4-6-10(11)15/h4-7H,8-9H2,1-3H3,(H,16,18)(H,19,20). The molecule has 0 aliphatic rings. The van der Waals surface area contributed by atoms with Crippen LogP contribution in [0.4, 0.5) is 5.69 Å². The van der Waals surface area contributed by atoms with Crippen molar-refractivity contribution in [3.05, 3.63) is 27.8 Å². The van der Waals surface area contributed by atoms with Gasteiger partial charge < -0.3 is 10.4 Å². The van der Waals surface area contributed by atoms with Gasteiger partial charge in [0, 0.05) is 9.11 Å². The lowest BCUT2D eigenvalue weighted by Crippen LogP contribution is -2.48. The number of nitrogens with one attached hydrogen (secondary N) is 1. The molecule has 0 radical (unpaired) electrons. The Morgan fingerprint density at radius 3 is 2.35 bits per heavy atom. The molecule has 0 heterocycles. The van der Waals surface area contributed by atoms with E-state index in [0.717, 1.165) is 9.26 Å². The molecule has 0 aliphatic carbocycles. The minimum atomic E-state index is -0.943. The molecule has 1 rings (SSSR count). The first kappa shape index (κ1) is 16.9. The van der Waals surface area contributed by atoms with Crippen LogP contribution in [0.1, 0.15) is 20.8 Å². The zero-order chi connectivity index (χ0) is 15.3. The lowest BCUT2D eigenvalue weighted by molar-refractivity contribution is -0.140. The van der Waals surface area contributed by atoms with Gasteiger partial charge in [-0.25, -0.2) is 0 Å². The van der Waals surface area contributed by atoms with Gasteiger partial charge in [-0.05, 0) is 55.5 Å². The third-order valence-electron chi connectivity index (χ3n) is 2.76. The van der Waals surface area contributed by atoms with Crippen molar-refractivity contribution in [3.8, 4) is 0 Å². The third kappa shape index (κ3) is 5.46. The monoisotopic (exact) mass is 390 g/mol. The summed E-state index contributed by atoms with van der Waals surface area (Å²) < 4.78 is 0.944. The number of aliphatic carboxylic acids is 1. The van der Waals surface area contributed by atoms with Gasteiger partial charge in [-0.3, -0.25) is 14.5 Å². The second-order valence-electron chi connectivity index (χ2n) is 5.45. The summed E-state index contributed by atoms with van der Waals surface area (Å²) in [4.78, 5) is 24.6. The number of rotatable bonds is 5. The maximum Gasteiger partial charge on any atom is 0.317 e. The Morgan fingerprint density at radius 2 is 1.85 bits per heavy atom. The largest absolute Gasteiger partial charge is 0.480 e. The Bertz CT molecular complexity index is 497. The van der Waals surface area contributed by atoms with Gasteiger partial charge in [0.15, 0.2) is 0 Å². The predicted molar refractivity (Wildman–Crippen MR) is 86.8 cm³/mol. The lowest BCUT2D eigenvalue weighted by Gasteiger charge is -2.33. The fraction of sp³-hybridized carbons (Fsp3) is 0.429. The summed E-state index contributed by atoms with van der Waals surface area (Å²) in [5.41, 5.74) is 0.349. The number of amides is 1. The SMILES string of the molecule is CC(C)(C)N(CC(=O)O)CC(=O)Nc1ccccc1I. The van der Waals surface area contributed by atoms with E-state index in [1.54, 1.807) is 4.90 Å². The summed E-state index contributed by atoms with van der Waals surface area (Å²) in [6.07, 6.45) is 0. The average molecular weight is 390 g/mol. The second-order valence-corrected chi connectivity index (χ2v) is 6.61. The first-order chi connectivity index (χ1) is 9.20. The van der Waals surface area contributed by atoms with Crippen molar-refractivity contribution in [1.29, 1.82) is 0 Å². The molecule has 0 bridgehead atoms. The van der Waals surface area contributed by atoms with E-state index in [1.165, 1.54) is 0 Å². The molecule has 1 aromatic rings. The van der Waals surface area contributed by atoms with Crippen LogP contribution in [0.2, 0.25) is 0 Å². The van der Waals surface area contributed by atoms with Gasteiger partial charge in [-0.15, -0.1) is 0 Å². The smallest absolute Gasteiger partial charge is 0.317 e. The number of carbonyl (C=O) groups is 2. The Hall–Kier alpha value is -1.15. The Balaban J connectivity index is 2.72. The molecule has 0 spiro atoms. The molecular formula is C14H19IN2O3. The first-order valence-corrected chi connectivity index (χ1v) is 7.29. The van der Waals surface area contributed by atoms with Crippen LogP contribution in [0.25, 0.3) is 0 Å². The molecule has 20 heavy (non-hydrogen) atoms. The fourth-order valence-electron chi connectivity index (χ4n) is 1.62. The van der Waals surface area contributed by atoms with Crippen LogP contribution < -0.4 is 5.32 Å². The first-order valence-electron chi connectivity index (χ1n) is 6.21. The summed E-state index contributed by atoms with van der Waals surface area (Å²) >= 11 is 2.14. The van der Waals surface area contributed by atoms with Crippen molar-refractivity contribution in [2.45, 2.75) is 26.3 Å². The average Bonchev–Trinajstić information content (AvgIpc) is 2.29. The molecule has 0 unspecified atom stereocenters. The molecule has 0 fully saturated rings. The Labute approximate surface area is 132 Å². The molecule has 0 atom stereocenters. The van der Waals surface area contributed by atoms with Gasteiger partial charge >= 0.3 is 5.97 Å². The highest BCUT2D eigenvalue weighted by Crippen LogP contribution is 2.18. The lowest BCUT2D eigenvalue weighted by atomic mass is 10.1. The van der Waals surface area contributed by atoms with Crippen LogP contribution in [0.15, 0.2) is 24.3 Å². The van der Waals surface area contributed by atoms with Crippen LogP contribution in [0.3, 0.4) is 0 Å². The molecule has 1 aromatic carbocycles. The van der Waals surface area contributed by atoms with Crippen LogP contribution >= 0.6 is 22.6 Å². The second kappa shape index (κ2) is 7.03. The summed E-state index contributed by atoms with van der Waals surface area (Å²) in [5.74, 6) is -1.16. The van der Waals surface area contributed by atoms with Gasteiger partial charge in [-0.1, -0.05) is 12.1 Å². The number of para-hydroxylation sites is 1. The number of carboxylic acids is 1. The summed E-state index contributed by atoms with van der Waals surface area (Å²) in [6.45, 7) is 5.53. The highest BCUT2D eigenvalue weighted by molar-refractivity contribution is 14.1. The zero-order valence-electron chi connectivity index (χ0n) is 11.8. The normalized spacial score (nSPS) is 11.4. The number of carboxylic acid groups (broad SMARTS) is 1. The number of carbonyl (C=O) groups excluding carboxylic acids is 1. The molecular weight excluding hydrogens is 371 g/mol. The molecule has 0 aliphatic heterocycles. The summed E-state index contributed by atoms with van der Waals surface area (Å²) in [7, 11) is 0. The number of halogens is 1. The molecule has 0 saturated heterocycles. The Morgan fingerprint density at radius 1 is 1.25 bits per heavy atom. The van der Waals surface area contributed by atoms with E-state index in [4.69, 9.17) is 5.11 Å². The highest BCUT2D eigenvalue weighted by atomic mass is 127. The van der Waals surface area contributed by atoms with Gasteiger partial charge in [0.2, 0.25) is 5.91 Å². The molecule has 2 N–H and O–H groups in total. The van der Waals surface area contributed by atoms with Crippen molar-refractivity contribution >= 4 is 40.2 Å². The highest BCUT2D eigenvalue weighted by Gasteiger charge is 2.25. The van der Waals surface area contributed by atoms with Crippen LogP contribution in [-0.4, -0.2) is 40.5 Å². The molecule has 0 saturated carbocycles. The number of hydrogen-bond acceptors (Lipinski definition) is 3. The number of nitrogens with zero attached hydrogens (tertiary/aromatic N) is 1. The van der Waals surface area contributed by atoms with Crippen molar-refractivity contribution in [1.82, 2.24) is 4.90 Å².